The van der Waals surface area contributed by atoms with Crippen LogP contribution in [0.3, 0.4) is 0 Å². The number of halogens is 1. The van der Waals surface area contributed by atoms with Gasteiger partial charge < -0.3 is 10.8 Å². The first-order valence-electron chi connectivity index (χ1n) is 6.21. The van der Waals surface area contributed by atoms with Crippen molar-refractivity contribution in [2.45, 2.75) is 11.3 Å². The fourth-order valence-electron chi connectivity index (χ4n) is 1.80. The van der Waals surface area contributed by atoms with E-state index in [1.807, 2.05) is 0 Å². The molecule has 112 valence electrons. The molecule has 21 heavy (non-hydrogen) atoms. The molecule has 0 saturated heterocycles. The van der Waals surface area contributed by atoms with Gasteiger partial charge in [0.15, 0.2) is 0 Å². The zero-order valence-electron chi connectivity index (χ0n) is 11.1. The summed E-state index contributed by atoms with van der Waals surface area (Å²) in [6.45, 7) is 0.112. The fraction of sp³-hybridized carbons (Fsp3) is 0.143. The quantitative estimate of drug-likeness (QED) is 0.732. The highest BCUT2D eigenvalue weighted by Gasteiger charge is 2.18. The second-order valence-electron chi connectivity index (χ2n) is 4.50. The SMILES string of the molecule is Nc1ccc(F)c(S(=O)(=O)NCCc2ccc(O)cc2)c1. The highest BCUT2D eigenvalue weighted by Crippen LogP contribution is 2.17. The predicted molar refractivity (Wildman–Crippen MR) is 77.8 cm³/mol. The van der Waals surface area contributed by atoms with Gasteiger partial charge in [-0.1, -0.05) is 12.1 Å². The van der Waals surface area contributed by atoms with Gasteiger partial charge in [-0.2, -0.15) is 0 Å². The predicted octanol–water partition coefficient (Wildman–Crippen LogP) is 1.63. The number of rotatable bonds is 5. The minimum atomic E-state index is -3.95. The summed E-state index contributed by atoms with van der Waals surface area (Å²) < 4.78 is 39.9. The van der Waals surface area contributed by atoms with Gasteiger partial charge in [0.05, 0.1) is 0 Å². The molecule has 0 saturated carbocycles. The Morgan fingerprint density at radius 1 is 1.14 bits per heavy atom. The molecule has 0 unspecified atom stereocenters. The molecule has 0 aliphatic heterocycles. The monoisotopic (exact) mass is 310 g/mol. The Morgan fingerprint density at radius 3 is 2.48 bits per heavy atom. The highest BCUT2D eigenvalue weighted by atomic mass is 32.2. The largest absolute Gasteiger partial charge is 0.508 e. The van der Waals surface area contributed by atoms with Crippen molar-refractivity contribution in [3.05, 3.63) is 53.8 Å². The zero-order chi connectivity index (χ0) is 15.5. The molecule has 5 nitrogen and oxygen atoms in total. The molecular weight excluding hydrogens is 295 g/mol. The molecule has 4 N–H and O–H groups in total. The number of hydrogen-bond acceptors (Lipinski definition) is 4. The number of hydrogen-bond donors (Lipinski definition) is 3. The lowest BCUT2D eigenvalue weighted by Gasteiger charge is -2.08. The van der Waals surface area contributed by atoms with Gasteiger partial charge in [-0.25, -0.2) is 17.5 Å². The number of nitrogens with one attached hydrogen (secondary N) is 1. The van der Waals surface area contributed by atoms with E-state index >= 15 is 0 Å². The van der Waals surface area contributed by atoms with Crippen LogP contribution in [0.15, 0.2) is 47.4 Å². The van der Waals surface area contributed by atoms with Crippen molar-refractivity contribution in [3.63, 3.8) is 0 Å². The summed E-state index contributed by atoms with van der Waals surface area (Å²) in [7, 11) is -3.95. The third-order valence-corrected chi connectivity index (χ3v) is 4.36. The maximum atomic E-state index is 13.6. The van der Waals surface area contributed by atoms with E-state index in [1.165, 1.54) is 18.2 Å². The normalized spacial score (nSPS) is 11.5. The first-order chi connectivity index (χ1) is 9.88. The maximum Gasteiger partial charge on any atom is 0.243 e. The summed E-state index contributed by atoms with van der Waals surface area (Å²) in [4.78, 5) is -0.465. The minimum Gasteiger partial charge on any atom is -0.508 e. The van der Waals surface area contributed by atoms with Crippen LogP contribution in [0.4, 0.5) is 10.1 Å². The number of nitrogen functional groups attached to an aromatic ring is 1. The molecule has 0 aromatic heterocycles. The number of nitrogens with two attached hydrogens (primary N) is 1. The fourth-order valence-corrected chi connectivity index (χ4v) is 2.94. The number of benzene rings is 2. The topological polar surface area (TPSA) is 92.4 Å². The van der Waals surface area contributed by atoms with Crippen LogP contribution in [0, 0.1) is 5.82 Å². The Bertz CT molecular complexity index is 730. The Hall–Kier alpha value is -2.12. The Morgan fingerprint density at radius 2 is 1.81 bits per heavy atom. The van der Waals surface area contributed by atoms with E-state index in [9.17, 15) is 12.8 Å². The standard InChI is InChI=1S/C14H15FN2O3S/c15-13-6-3-11(16)9-14(13)21(19,20)17-8-7-10-1-4-12(18)5-2-10/h1-6,9,17-18H,7-8,16H2. The second-order valence-corrected chi connectivity index (χ2v) is 6.24. The average Bonchev–Trinajstić information content (AvgIpc) is 2.43. The molecule has 0 aliphatic carbocycles. The molecule has 0 fully saturated rings. The molecule has 7 heteroatoms. The van der Waals surface area contributed by atoms with Crippen molar-refractivity contribution in [2.75, 3.05) is 12.3 Å². The van der Waals surface area contributed by atoms with Gasteiger partial charge in [-0.3, -0.25) is 0 Å². The number of anilines is 1. The van der Waals surface area contributed by atoms with Crippen molar-refractivity contribution in [1.82, 2.24) is 4.72 Å². The molecule has 0 heterocycles. The summed E-state index contributed by atoms with van der Waals surface area (Å²) in [6, 6.07) is 9.80. The lowest BCUT2D eigenvalue weighted by Crippen LogP contribution is -2.26. The first-order valence-corrected chi connectivity index (χ1v) is 7.69. The molecular formula is C14H15FN2O3S. The van der Waals surface area contributed by atoms with Crippen molar-refractivity contribution in [1.29, 1.82) is 0 Å². The van der Waals surface area contributed by atoms with Crippen molar-refractivity contribution < 1.29 is 17.9 Å². The first kappa shape index (κ1) is 15.3. The lowest BCUT2D eigenvalue weighted by molar-refractivity contribution is 0.475. The van der Waals surface area contributed by atoms with Gasteiger partial charge in [-0.15, -0.1) is 0 Å². The number of phenolic OH excluding ortho intramolecular Hbond substituents is 1. The molecule has 2 rings (SSSR count). The van der Waals surface area contributed by atoms with Crippen LogP contribution in [-0.4, -0.2) is 20.1 Å². The zero-order valence-corrected chi connectivity index (χ0v) is 11.9. The van der Waals surface area contributed by atoms with Gasteiger partial charge in [0, 0.05) is 12.2 Å². The molecule has 0 spiro atoms. The van der Waals surface area contributed by atoms with E-state index in [0.717, 1.165) is 17.7 Å². The molecule has 0 bridgehead atoms. The molecule has 0 atom stereocenters. The Kier molecular flexibility index (Phi) is 4.44. The summed E-state index contributed by atoms with van der Waals surface area (Å²) in [5.74, 6) is -0.706. The summed E-state index contributed by atoms with van der Waals surface area (Å²) in [5, 5.41) is 9.15. The van der Waals surface area contributed by atoms with Crippen LogP contribution in [0.2, 0.25) is 0 Å². The van der Waals surface area contributed by atoms with Crippen molar-refractivity contribution in [3.8, 4) is 5.75 Å². The number of sulfonamides is 1. The van der Waals surface area contributed by atoms with Gasteiger partial charge in [-0.05, 0) is 42.3 Å². The lowest BCUT2D eigenvalue weighted by atomic mass is 10.1. The van der Waals surface area contributed by atoms with Crippen LogP contribution in [0.1, 0.15) is 5.56 Å². The van der Waals surface area contributed by atoms with E-state index in [-0.39, 0.29) is 18.0 Å². The van der Waals surface area contributed by atoms with E-state index in [0.29, 0.717) is 6.42 Å². The smallest absolute Gasteiger partial charge is 0.243 e. The minimum absolute atomic E-state index is 0.112. The van der Waals surface area contributed by atoms with E-state index in [4.69, 9.17) is 10.8 Å². The van der Waals surface area contributed by atoms with Crippen molar-refractivity contribution >= 4 is 15.7 Å². The Labute approximate surface area is 122 Å². The molecule has 0 amide bonds. The molecule has 0 aliphatic rings. The van der Waals surface area contributed by atoms with Crippen LogP contribution in [0.25, 0.3) is 0 Å². The maximum absolute atomic E-state index is 13.6. The van der Waals surface area contributed by atoms with Crippen molar-refractivity contribution in [2.24, 2.45) is 0 Å². The highest BCUT2D eigenvalue weighted by molar-refractivity contribution is 7.89. The van der Waals surface area contributed by atoms with Gasteiger partial charge in [0.25, 0.3) is 0 Å². The average molecular weight is 310 g/mol. The van der Waals surface area contributed by atoms with E-state index in [2.05, 4.69) is 4.72 Å². The molecule has 0 radical (unpaired) electrons. The third kappa shape index (κ3) is 3.93. The summed E-state index contributed by atoms with van der Waals surface area (Å²) in [5.41, 5.74) is 6.50. The molecule has 2 aromatic carbocycles. The van der Waals surface area contributed by atoms with Crippen LogP contribution in [-0.2, 0) is 16.4 Å². The van der Waals surface area contributed by atoms with Crippen LogP contribution < -0.4 is 10.5 Å². The van der Waals surface area contributed by atoms with E-state index in [1.54, 1.807) is 12.1 Å². The van der Waals surface area contributed by atoms with Crippen LogP contribution in [0.5, 0.6) is 5.75 Å². The summed E-state index contributed by atoms with van der Waals surface area (Å²) >= 11 is 0. The van der Waals surface area contributed by atoms with Gasteiger partial charge >= 0.3 is 0 Å². The van der Waals surface area contributed by atoms with Crippen LogP contribution >= 0.6 is 0 Å². The third-order valence-electron chi connectivity index (χ3n) is 2.89. The number of aromatic hydroxyl groups is 1. The van der Waals surface area contributed by atoms with Gasteiger partial charge in [0.1, 0.15) is 16.5 Å². The summed E-state index contributed by atoms with van der Waals surface area (Å²) in [6.07, 6.45) is 0.420. The Balaban J connectivity index is 2.04. The van der Waals surface area contributed by atoms with Gasteiger partial charge in [0.2, 0.25) is 10.0 Å². The second kappa shape index (κ2) is 6.11. The number of phenols is 1. The van der Waals surface area contributed by atoms with E-state index < -0.39 is 20.7 Å². The molecule has 2 aromatic rings.